The number of carboxylic acid groups (broad SMARTS) is 1. The summed E-state index contributed by atoms with van der Waals surface area (Å²) in [5, 5.41) is 11.4. The quantitative estimate of drug-likeness (QED) is 0.302. The zero-order chi connectivity index (χ0) is 23.0. The van der Waals surface area contributed by atoms with Gasteiger partial charge in [-0.3, -0.25) is 9.59 Å². The van der Waals surface area contributed by atoms with Gasteiger partial charge in [0.25, 0.3) is 0 Å². The average molecular weight is 458 g/mol. The smallest absolute Gasteiger partial charge is 0.303 e. The van der Waals surface area contributed by atoms with Gasteiger partial charge in [0.15, 0.2) is 0 Å². The van der Waals surface area contributed by atoms with E-state index in [1.165, 1.54) is 21.6 Å². The SMILES string of the molecule is O=C(O)CCC(=O)Nc1ccc(OCc2cc(-c3ccccc3)c(-c3ccccc3)s2)cc1. The van der Waals surface area contributed by atoms with Crippen LogP contribution in [-0.4, -0.2) is 17.0 Å². The number of amides is 1. The molecule has 1 aromatic heterocycles. The predicted octanol–water partition coefficient (Wildman–Crippen LogP) is 6.46. The normalized spacial score (nSPS) is 10.5. The molecule has 2 N–H and O–H groups in total. The van der Waals surface area contributed by atoms with Gasteiger partial charge < -0.3 is 15.2 Å². The Balaban J connectivity index is 1.45. The van der Waals surface area contributed by atoms with Gasteiger partial charge in [-0.25, -0.2) is 0 Å². The molecule has 4 aromatic rings. The summed E-state index contributed by atoms with van der Waals surface area (Å²) in [6.07, 6.45) is -0.247. The molecule has 33 heavy (non-hydrogen) atoms. The standard InChI is InChI=1S/C27H23NO4S/c29-25(15-16-26(30)31)28-21-11-13-22(14-12-21)32-18-23-17-24(19-7-3-1-4-8-19)27(33-23)20-9-5-2-6-10-20/h1-14,17H,15-16,18H2,(H,28,29)(H,30,31). The fourth-order valence-electron chi connectivity index (χ4n) is 3.38. The van der Waals surface area contributed by atoms with Gasteiger partial charge in [-0.15, -0.1) is 11.3 Å². The summed E-state index contributed by atoms with van der Waals surface area (Å²) >= 11 is 1.72. The Bertz CT molecular complexity index is 1160. The van der Waals surface area contributed by atoms with Crippen molar-refractivity contribution in [3.8, 4) is 27.3 Å². The molecule has 0 spiro atoms. The van der Waals surface area contributed by atoms with E-state index < -0.39 is 5.97 Å². The highest BCUT2D eigenvalue weighted by Crippen LogP contribution is 2.39. The number of benzene rings is 3. The Labute approximate surface area is 196 Å². The number of aliphatic carboxylic acids is 1. The number of carboxylic acids is 1. The molecular formula is C27H23NO4S. The Morgan fingerprint density at radius 2 is 1.45 bits per heavy atom. The molecule has 0 radical (unpaired) electrons. The molecule has 166 valence electrons. The van der Waals surface area contributed by atoms with Crippen LogP contribution in [0.2, 0.25) is 0 Å². The molecule has 0 bridgehead atoms. The number of rotatable bonds is 9. The minimum Gasteiger partial charge on any atom is -0.488 e. The minimum atomic E-state index is -0.992. The first-order chi connectivity index (χ1) is 16.1. The van der Waals surface area contributed by atoms with E-state index in [2.05, 4.69) is 35.6 Å². The van der Waals surface area contributed by atoms with Crippen molar-refractivity contribution >= 4 is 28.9 Å². The van der Waals surface area contributed by atoms with Crippen molar-refractivity contribution in [2.24, 2.45) is 0 Å². The number of thiophene rings is 1. The third kappa shape index (κ3) is 6.08. The van der Waals surface area contributed by atoms with Gasteiger partial charge in [-0.05, 0) is 41.5 Å². The van der Waals surface area contributed by atoms with Gasteiger partial charge in [-0.1, -0.05) is 60.7 Å². The maximum Gasteiger partial charge on any atom is 0.303 e. The molecule has 0 saturated carbocycles. The molecule has 3 aromatic carbocycles. The van der Waals surface area contributed by atoms with Gasteiger partial charge in [-0.2, -0.15) is 0 Å². The molecule has 5 nitrogen and oxygen atoms in total. The number of hydrogen-bond donors (Lipinski definition) is 2. The topological polar surface area (TPSA) is 75.6 Å². The van der Waals surface area contributed by atoms with Crippen LogP contribution in [0.25, 0.3) is 21.6 Å². The number of carbonyl (C=O) groups excluding carboxylic acids is 1. The maximum absolute atomic E-state index is 11.8. The summed E-state index contributed by atoms with van der Waals surface area (Å²) in [6, 6.07) is 29.9. The Hall–Kier alpha value is -3.90. The zero-order valence-electron chi connectivity index (χ0n) is 17.9. The van der Waals surface area contributed by atoms with E-state index >= 15 is 0 Å². The van der Waals surface area contributed by atoms with Crippen molar-refractivity contribution in [3.05, 3.63) is 95.9 Å². The van der Waals surface area contributed by atoms with E-state index in [4.69, 9.17) is 9.84 Å². The number of hydrogen-bond acceptors (Lipinski definition) is 4. The molecule has 1 amide bonds. The van der Waals surface area contributed by atoms with E-state index in [-0.39, 0.29) is 18.7 Å². The van der Waals surface area contributed by atoms with E-state index in [1.54, 1.807) is 35.6 Å². The van der Waals surface area contributed by atoms with Crippen LogP contribution < -0.4 is 10.1 Å². The van der Waals surface area contributed by atoms with Crippen LogP contribution in [0.4, 0.5) is 5.69 Å². The van der Waals surface area contributed by atoms with Crippen molar-refractivity contribution in [3.63, 3.8) is 0 Å². The van der Waals surface area contributed by atoms with Crippen LogP contribution >= 0.6 is 11.3 Å². The number of carbonyl (C=O) groups is 2. The van der Waals surface area contributed by atoms with Crippen LogP contribution in [0.1, 0.15) is 17.7 Å². The summed E-state index contributed by atoms with van der Waals surface area (Å²) in [4.78, 5) is 24.7. The Morgan fingerprint density at radius 1 is 0.818 bits per heavy atom. The molecule has 1 heterocycles. The van der Waals surface area contributed by atoms with Crippen LogP contribution in [0.3, 0.4) is 0 Å². The molecule has 6 heteroatoms. The fourth-order valence-corrected chi connectivity index (χ4v) is 4.48. The second-order valence-electron chi connectivity index (χ2n) is 7.44. The third-order valence-corrected chi connectivity index (χ3v) is 6.15. The lowest BCUT2D eigenvalue weighted by Gasteiger charge is -2.07. The molecule has 4 rings (SSSR count). The van der Waals surface area contributed by atoms with E-state index in [9.17, 15) is 9.59 Å². The Kier molecular flexibility index (Phi) is 7.17. The first-order valence-electron chi connectivity index (χ1n) is 10.6. The molecule has 0 atom stereocenters. The second-order valence-corrected chi connectivity index (χ2v) is 8.58. The second kappa shape index (κ2) is 10.6. The van der Waals surface area contributed by atoms with Crippen molar-refractivity contribution < 1.29 is 19.4 Å². The van der Waals surface area contributed by atoms with Crippen LogP contribution in [0, 0.1) is 0 Å². The van der Waals surface area contributed by atoms with Crippen LogP contribution in [0.15, 0.2) is 91.0 Å². The molecule has 0 fully saturated rings. The highest BCUT2D eigenvalue weighted by atomic mass is 32.1. The highest BCUT2D eigenvalue weighted by Gasteiger charge is 2.13. The fraction of sp³-hybridized carbons (Fsp3) is 0.111. The summed E-state index contributed by atoms with van der Waals surface area (Å²) in [5.41, 5.74) is 4.13. The minimum absolute atomic E-state index is 0.0561. The lowest BCUT2D eigenvalue weighted by atomic mass is 10.0. The van der Waals surface area contributed by atoms with Gasteiger partial charge in [0.05, 0.1) is 6.42 Å². The maximum atomic E-state index is 11.8. The monoisotopic (exact) mass is 457 g/mol. The molecule has 0 aliphatic heterocycles. The van der Waals surface area contributed by atoms with Crippen molar-refractivity contribution in [1.82, 2.24) is 0 Å². The first-order valence-corrected chi connectivity index (χ1v) is 11.4. The van der Waals surface area contributed by atoms with Gasteiger partial charge in [0, 0.05) is 27.4 Å². The summed E-state index contributed by atoms with van der Waals surface area (Å²) < 4.78 is 5.99. The van der Waals surface area contributed by atoms with E-state index in [1.807, 2.05) is 36.4 Å². The summed E-state index contributed by atoms with van der Waals surface area (Å²) in [6.45, 7) is 0.432. The van der Waals surface area contributed by atoms with Crippen molar-refractivity contribution in [2.45, 2.75) is 19.4 Å². The van der Waals surface area contributed by atoms with Crippen LogP contribution in [-0.2, 0) is 16.2 Å². The lowest BCUT2D eigenvalue weighted by molar-refractivity contribution is -0.138. The third-order valence-electron chi connectivity index (χ3n) is 4.99. The number of anilines is 1. The predicted molar refractivity (Wildman–Crippen MR) is 131 cm³/mol. The summed E-state index contributed by atoms with van der Waals surface area (Å²) in [5.74, 6) is -0.630. The van der Waals surface area contributed by atoms with Gasteiger partial charge in [0.1, 0.15) is 12.4 Å². The van der Waals surface area contributed by atoms with Gasteiger partial charge in [0.2, 0.25) is 5.91 Å². The first kappa shape index (κ1) is 22.3. The van der Waals surface area contributed by atoms with E-state index in [0.29, 0.717) is 18.0 Å². The zero-order valence-corrected chi connectivity index (χ0v) is 18.7. The highest BCUT2D eigenvalue weighted by molar-refractivity contribution is 7.16. The molecule has 0 saturated heterocycles. The molecule has 0 aliphatic carbocycles. The molecular weight excluding hydrogens is 434 g/mol. The largest absolute Gasteiger partial charge is 0.488 e. The van der Waals surface area contributed by atoms with E-state index in [0.717, 1.165) is 4.88 Å². The lowest BCUT2D eigenvalue weighted by Crippen LogP contribution is -2.13. The number of ether oxygens (including phenoxy) is 1. The molecule has 0 unspecified atom stereocenters. The van der Waals surface area contributed by atoms with Gasteiger partial charge >= 0.3 is 5.97 Å². The Morgan fingerprint density at radius 3 is 2.09 bits per heavy atom. The number of nitrogens with one attached hydrogen (secondary N) is 1. The van der Waals surface area contributed by atoms with Crippen LogP contribution in [0.5, 0.6) is 5.75 Å². The summed E-state index contributed by atoms with van der Waals surface area (Å²) in [7, 11) is 0. The molecule has 0 aliphatic rings. The van der Waals surface area contributed by atoms with Crippen molar-refractivity contribution in [2.75, 3.05) is 5.32 Å². The van der Waals surface area contributed by atoms with Crippen molar-refractivity contribution in [1.29, 1.82) is 0 Å². The average Bonchev–Trinajstić information content (AvgIpc) is 3.28.